The topological polar surface area (TPSA) is 30.9 Å². The monoisotopic (exact) mass is 476 g/mol. The highest BCUT2D eigenvalue weighted by Gasteiger charge is 2.25. The molecule has 0 spiro atoms. The molecular formula is C22H29IN4. The van der Waals surface area contributed by atoms with E-state index in [1.54, 1.807) is 0 Å². The number of halogens is 1. The fraction of sp³-hybridized carbons (Fsp3) is 0.409. The Labute approximate surface area is 179 Å². The highest BCUT2D eigenvalue weighted by atomic mass is 127. The lowest BCUT2D eigenvalue weighted by Crippen LogP contribution is -2.41. The molecule has 144 valence electrons. The molecule has 2 aromatic carbocycles. The summed E-state index contributed by atoms with van der Waals surface area (Å²) in [5, 5.41) is 3.49. The van der Waals surface area contributed by atoms with Crippen molar-refractivity contribution in [1.82, 2.24) is 5.32 Å². The summed E-state index contributed by atoms with van der Waals surface area (Å²) in [6.45, 7) is 7.19. The second kappa shape index (κ2) is 9.44. The Morgan fingerprint density at radius 3 is 2.67 bits per heavy atom. The number of para-hydroxylation sites is 2. The van der Waals surface area contributed by atoms with Gasteiger partial charge in [0.15, 0.2) is 5.96 Å². The van der Waals surface area contributed by atoms with E-state index < -0.39 is 0 Å². The van der Waals surface area contributed by atoms with Gasteiger partial charge in [0, 0.05) is 44.1 Å². The van der Waals surface area contributed by atoms with Gasteiger partial charge in [-0.15, -0.1) is 24.0 Å². The minimum absolute atomic E-state index is 0. The number of rotatable bonds is 4. The van der Waals surface area contributed by atoms with E-state index >= 15 is 0 Å². The Bertz CT molecular complexity index is 762. The Morgan fingerprint density at radius 1 is 1.07 bits per heavy atom. The Kier molecular flexibility index (Phi) is 6.99. The minimum Gasteiger partial charge on any atom is -0.371 e. The van der Waals surface area contributed by atoms with E-state index in [1.807, 2.05) is 0 Å². The van der Waals surface area contributed by atoms with Crippen molar-refractivity contribution < 1.29 is 0 Å². The highest BCUT2D eigenvalue weighted by Crippen LogP contribution is 2.28. The first kappa shape index (κ1) is 20.0. The molecule has 2 aliphatic rings. The standard InChI is InChI=1S/C22H28N4.HI/c1-2-23-22(26-15-13-19-8-6-7-11-21(19)26)24-16-18-12-14-25(17-18)20-9-4-3-5-10-20;/h3-11,18H,2,12-17H2,1H3,(H,23,24);1H. The zero-order chi connectivity index (χ0) is 17.8. The van der Waals surface area contributed by atoms with Crippen LogP contribution in [0.1, 0.15) is 18.9 Å². The maximum Gasteiger partial charge on any atom is 0.198 e. The first-order valence-corrected chi connectivity index (χ1v) is 9.79. The second-order valence-corrected chi connectivity index (χ2v) is 7.16. The molecule has 0 saturated carbocycles. The second-order valence-electron chi connectivity index (χ2n) is 7.16. The molecule has 5 heteroatoms. The van der Waals surface area contributed by atoms with Gasteiger partial charge in [-0.05, 0) is 49.4 Å². The van der Waals surface area contributed by atoms with Crippen molar-refractivity contribution >= 4 is 41.3 Å². The molecule has 1 N–H and O–H groups in total. The van der Waals surface area contributed by atoms with Gasteiger partial charge in [0.2, 0.25) is 0 Å². The van der Waals surface area contributed by atoms with E-state index in [4.69, 9.17) is 4.99 Å². The van der Waals surface area contributed by atoms with Crippen LogP contribution in [0.5, 0.6) is 0 Å². The third-order valence-corrected chi connectivity index (χ3v) is 5.38. The van der Waals surface area contributed by atoms with Crippen LogP contribution in [0.3, 0.4) is 0 Å². The average molecular weight is 476 g/mol. The maximum atomic E-state index is 5.01. The van der Waals surface area contributed by atoms with Crippen LogP contribution in [-0.4, -0.2) is 38.7 Å². The van der Waals surface area contributed by atoms with Crippen LogP contribution in [-0.2, 0) is 6.42 Å². The molecule has 1 fully saturated rings. The Balaban J connectivity index is 0.00000210. The Hall–Kier alpha value is -1.76. The van der Waals surface area contributed by atoms with Gasteiger partial charge in [0.1, 0.15) is 0 Å². The quantitative estimate of drug-likeness (QED) is 0.409. The lowest BCUT2D eigenvalue weighted by molar-refractivity contribution is 0.601. The lowest BCUT2D eigenvalue weighted by atomic mass is 10.1. The number of guanidine groups is 1. The van der Waals surface area contributed by atoms with E-state index in [0.717, 1.165) is 45.1 Å². The number of aliphatic imine (C=N–C) groups is 1. The first-order chi connectivity index (χ1) is 12.8. The van der Waals surface area contributed by atoms with Gasteiger partial charge in [0.25, 0.3) is 0 Å². The number of hydrogen-bond acceptors (Lipinski definition) is 2. The van der Waals surface area contributed by atoms with Gasteiger partial charge in [-0.25, -0.2) is 0 Å². The van der Waals surface area contributed by atoms with Crippen molar-refractivity contribution in [2.75, 3.05) is 42.5 Å². The molecule has 0 aliphatic carbocycles. The smallest absolute Gasteiger partial charge is 0.198 e. The van der Waals surface area contributed by atoms with Gasteiger partial charge in [-0.3, -0.25) is 4.99 Å². The number of hydrogen-bond donors (Lipinski definition) is 1. The van der Waals surface area contributed by atoms with E-state index in [9.17, 15) is 0 Å². The van der Waals surface area contributed by atoms with Crippen LogP contribution in [0.15, 0.2) is 59.6 Å². The summed E-state index contributed by atoms with van der Waals surface area (Å²) in [5.41, 5.74) is 4.07. The molecular weight excluding hydrogens is 447 g/mol. The van der Waals surface area contributed by atoms with Gasteiger partial charge < -0.3 is 15.1 Å². The van der Waals surface area contributed by atoms with Crippen LogP contribution >= 0.6 is 24.0 Å². The zero-order valence-electron chi connectivity index (χ0n) is 16.0. The molecule has 0 aromatic heterocycles. The van der Waals surface area contributed by atoms with Crippen molar-refractivity contribution in [2.24, 2.45) is 10.9 Å². The summed E-state index contributed by atoms with van der Waals surface area (Å²) in [4.78, 5) is 9.84. The molecule has 2 aliphatic heterocycles. The predicted octanol–water partition coefficient (Wildman–Crippen LogP) is 4.16. The number of fused-ring (bicyclic) bond motifs is 1. The fourth-order valence-electron chi connectivity index (χ4n) is 4.02. The molecule has 2 heterocycles. The summed E-state index contributed by atoms with van der Waals surface area (Å²) in [7, 11) is 0. The van der Waals surface area contributed by atoms with Crippen molar-refractivity contribution in [2.45, 2.75) is 19.8 Å². The largest absolute Gasteiger partial charge is 0.371 e. The van der Waals surface area contributed by atoms with Crippen LogP contribution in [0.2, 0.25) is 0 Å². The van der Waals surface area contributed by atoms with Crippen LogP contribution in [0.4, 0.5) is 11.4 Å². The molecule has 27 heavy (non-hydrogen) atoms. The molecule has 0 bridgehead atoms. The van der Waals surface area contributed by atoms with E-state index in [2.05, 4.69) is 76.6 Å². The van der Waals surface area contributed by atoms with Gasteiger partial charge >= 0.3 is 0 Å². The molecule has 4 nitrogen and oxygen atoms in total. The lowest BCUT2D eigenvalue weighted by Gasteiger charge is -2.23. The predicted molar refractivity (Wildman–Crippen MR) is 126 cm³/mol. The third-order valence-electron chi connectivity index (χ3n) is 5.38. The average Bonchev–Trinajstić information content (AvgIpc) is 3.33. The number of anilines is 2. The minimum atomic E-state index is 0. The summed E-state index contributed by atoms with van der Waals surface area (Å²) in [5.74, 6) is 1.66. The molecule has 4 rings (SSSR count). The van der Waals surface area contributed by atoms with Crippen molar-refractivity contribution in [3.05, 3.63) is 60.2 Å². The maximum absolute atomic E-state index is 5.01. The molecule has 1 unspecified atom stereocenters. The van der Waals surface area contributed by atoms with Crippen LogP contribution < -0.4 is 15.1 Å². The normalized spacial score (nSPS) is 19.0. The van der Waals surface area contributed by atoms with E-state index in [0.29, 0.717) is 5.92 Å². The Morgan fingerprint density at radius 2 is 1.85 bits per heavy atom. The number of nitrogens with one attached hydrogen (secondary N) is 1. The SMILES string of the molecule is CCNC(=NCC1CCN(c2ccccc2)C1)N1CCc2ccccc21.I. The summed E-state index contributed by atoms with van der Waals surface area (Å²) in [6, 6.07) is 19.4. The van der Waals surface area contributed by atoms with Crippen LogP contribution in [0.25, 0.3) is 0 Å². The first-order valence-electron chi connectivity index (χ1n) is 9.79. The zero-order valence-corrected chi connectivity index (χ0v) is 18.3. The van der Waals surface area contributed by atoms with Crippen molar-refractivity contribution in [3.8, 4) is 0 Å². The molecule has 2 aromatic rings. The van der Waals surface area contributed by atoms with Crippen molar-refractivity contribution in [3.63, 3.8) is 0 Å². The van der Waals surface area contributed by atoms with Gasteiger partial charge in [0.05, 0.1) is 0 Å². The molecule has 1 saturated heterocycles. The fourth-order valence-corrected chi connectivity index (χ4v) is 4.02. The van der Waals surface area contributed by atoms with Crippen molar-refractivity contribution in [1.29, 1.82) is 0 Å². The highest BCUT2D eigenvalue weighted by molar-refractivity contribution is 14.0. The molecule has 0 amide bonds. The summed E-state index contributed by atoms with van der Waals surface area (Å²) in [6.07, 6.45) is 2.32. The number of benzene rings is 2. The number of nitrogens with zero attached hydrogens (tertiary/aromatic N) is 3. The molecule has 1 atom stereocenters. The van der Waals surface area contributed by atoms with E-state index in [1.165, 1.54) is 23.4 Å². The molecule has 0 radical (unpaired) electrons. The summed E-state index contributed by atoms with van der Waals surface area (Å²) >= 11 is 0. The van der Waals surface area contributed by atoms with Gasteiger partial charge in [-0.2, -0.15) is 0 Å². The third kappa shape index (κ3) is 4.57. The van der Waals surface area contributed by atoms with Crippen LogP contribution in [0, 0.1) is 5.92 Å². The summed E-state index contributed by atoms with van der Waals surface area (Å²) < 4.78 is 0. The van der Waals surface area contributed by atoms with E-state index in [-0.39, 0.29) is 24.0 Å². The van der Waals surface area contributed by atoms with Gasteiger partial charge in [-0.1, -0.05) is 36.4 Å².